The summed E-state index contributed by atoms with van der Waals surface area (Å²) >= 11 is 3.87. The SMILES string of the molecule is Nc1cc(C(=O)NCC2CSCCS2)nc2ccccc12. The Balaban J connectivity index is 1.72. The van der Waals surface area contributed by atoms with Gasteiger partial charge in [0.25, 0.3) is 5.91 Å². The number of anilines is 1. The number of benzene rings is 1. The molecule has 1 fully saturated rings. The number of amides is 1. The number of pyridine rings is 1. The largest absolute Gasteiger partial charge is 0.398 e. The molecule has 2 heterocycles. The number of nitrogens with two attached hydrogens (primary N) is 1. The number of nitrogen functional groups attached to an aromatic ring is 1. The third-order valence-electron chi connectivity index (χ3n) is 3.36. The van der Waals surface area contributed by atoms with Crippen molar-refractivity contribution >= 4 is 46.0 Å². The predicted octanol–water partition coefficient (Wildman–Crippen LogP) is 2.40. The van der Waals surface area contributed by atoms with Crippen LogP contribution in [0.1, 0.15) is 10.5 Å². The van der Waals surface area contributed by atoms with Crippen LogP contribution in [0.5, 0.6) is 0 Å². The first-order valence-corrected chi connectivity index (χ1v) is 9.07. The maximum atomic E-state index is 12.2. The van der Waals surface area contributed by atoms with Gasteiger partial charge < -0.3 is 11.1 Å². The summed E-state index contributed by atoms with van der Waals surface area (Å²) in [6, 6.07) is 9.25. The highest BCUT2D eigenvalue weighted by Crippen LogP contribution is 2.23. The monoisotopic (exact) mass is 319 g/mol. The van der Waals surface area contributed by atoms with Gasteiger partial charge in [-0.3, -0.25) is 4.79 Å². The van der Waals surface area contributed by atoms with E-state index in [0.29, 0.717) is 23.2 Å². The van der Waals surface area contributed by atoms with Crippen LogP contribution in [0.15, 0.2) is 30.3 Å². The first-order valence-electron chi connectivity index (χ1n) is 6.87. The van der Waals surface area contributed by atoms with Gasteiger partial charge in [0.05, 0.1) is 5.52 Å². The predicted molar refractivity (Wildman–Crippen MR) is 92.1 cm³/mol. The fourth-order valence-electron chi connectivity index (χ4n) is 2.27. The van der Waals surface area contributed by atoms with E-state index in [2.05, 4.69) is 10.3 Å². The second-order valence-electron chi connectivity index (χ2n) is 4.89. The molecule has 110 valence electrons. The van der Waals surface area contributed by atoms with Crippen LogP contribution in [-0.2, 0) is 0 Å². The zero-order chi connectivity index (χ0) is 14.7. The van der Waals surface area contributed by atoms with Crippen molar-refractivity contribution in [3.05, 3.63) is 36.0 Å². The van der Waals surface area contributed by atoms with E-state index in [1.807, 2.05) is 47.8 Å². The van der Waals surface area contributed by atoms with Crippen molar-refractivity contribution in [2.75, 3.05) is 29.5 Å². The van der Waals surface area contributed by atoms with Crippen LogP contribution in [0, 0.1) is 0 Å². The summed E-state index contributed by atoms with van der Waals surface area (Å²) in [6.07, 6.45) is 0. The van der Waals surface area contributed by atoms with Crippen molar-refractivity contribution in [1.29, 1.82) is 0 Å². The second kappa shape index (κ2) is 6.58. The number of fused-ring (bicyclic) bond motifs is 1. The molecule has 1 aromatic heterocycles. The van der Waals surface area contributed by atoms with Crippen molar-refractivity contribution in [2.45, 2.75) is 5.25 Å². The van der Waals surface area contributed by atoms with Gasteiger partial charge in [0.1, 0.15) is 5.69 Å². The minimum atomic E-state index is -0.149. The minimum absolute atomic E-state index is 0.149. The smallest absolute Gasteiger partial charge is 0.270 e. The number of aromatic nitrogens is 1. The standard InChI is InChI=1S/C15H17N3OS2/c16-12-7-14(18-13-4-2-1-3-11(12)13)15(19)17-8-10-9-20-5-6-21-10/h1-4,7,10H,5-6,8-9H2,(H2,16,18)(H,17,19). The third kappa shape index (κ3) is 3.44. The summed E-state index contributed by atoms with van der Waals surface area (Å²) in [5.41, 5.74) is 7.74. The lowest BCUT2D eigenvalue weighted by molar-refractivity contribution is 0.0949. The first kappa shape index (κ1) is 14.5. The van der Waals surface area contributed by atoms with Crippen molar-refractivity contribution in [2.24, 2.45) is 0 Å². The zero-order valence-corrected chi connectivity index (χ0v) is 13.2. The maximum absolute atomic E-state index is 12.2. The molecule has 0 saturated carbocycles. The van der Waals surface area contributed by atoms with Crippen molar-refractivity contribution < 1.29 is 4.79 Å². The zero-order valence-electron chi connectivity index (χ0n) is 11.5. The third-order valence-corrected chi connectivity index (χ3v) is 6.20. The van der Waals surface area contributed by atoms with Crippen molar-refractivity contribution in [3.63, 3.8) is 0 Å². The normalized spacial score (nSPS) is 18.6. The van der Waals surface area contributed by atoms with Gasteiger partial charge in [-0.1, -0.05) is 18.2 Å². The van der Waals surface area contributed by atoms with Crippen LogP contribution in [0.4, 0.5) is 5.69 Å². The second-order valence-corrected chi connectivity index (χ2v) is 7.45. The molecule has 0 bridgehead atoms. The van der Waals surface area contributed by atoms with Crippen LogP contribution in [0.2, 0.25) is 0 Å². The van der Waals surface area contributed by atoms with Gasteiger partial charge in [-0.25, -0.2) is 4.98 Å². The Hall–Kier alpha value is -1.40. The van der Waals surface area contributed by atoms with Gasteiger partial charge in [0.2, 0.25) is 0 Å². The summed E-state index contributed by atoms with van der Waals surface area (Å²) in [5.74, 6) is 3.31. The van der Waals surface area contributed by atoms with Gasteiger partial charge in [-0.2, -0.15) is 23.5 Å². The Morgan fingerprint density at radius 2 is 2.24 bits per heavy atom. The molecule has 2 aromatic rings. The molecule has 1 saturated heterocycles. The number of carbonyl (C=O) groups is 1. The van der Waals surface area contributed by atoms with Crippen molar-refractivity contribution in [1.82, 2.24) is 10.3 Å². The average Bonchev–Trinajstić information content (AvgIpc) is 2.53. The fourth-order valence-corrected chi connectivity index (χ4v) is 4.88. The van der Waals surface area contributed by atoms with Crippen LogP contribution in [-0.4, -0.2) is 39.9 Å². The highest BCUT2D eigenvalue weighted by Gasteiger charge is 2.16. The van der Waals surface area contributed by atoms with Gasteiger partial charge >= 0.3 is 0 Å². The van der Waals surface area contributed by atoms with E-state index < -0.39 is 0 Å². The number of thioether (sulfide) groups is 2. The van der Waals surface area contributed by atoms with E-state index >= 15 is 0 Å². The Labute approximate surface area is 132 Å². The number of hydrogen-bond acceptors (Lipinski definition) is 5. The van der Waals surface area contributed by atoms with Gasteiger partial charge in [0.15, 0.2) is 0 Å². The number of para-hydroxylation sites is 1. The molecule has 1 aliphatic rings. The number of nitrogens with one attached hydrogen (secondary N) is 1. The Bertz CT molecular complexity index is 656. The molecule has 1 amide bonds. The van der Waals surface area contributed by atoms with Gasteiger partial charge in [0, 0.05) is 40.1 Å². The molecule has 6 heteroatoms. The highest BCUT2D eigenvalue weighted by atomic mass is 32.2. The lowest BCUT2D eigenvalue weighted by Crippen LogP contribution is -2.33. The summed E-state index contributed by atoms with van der Waals surface area (Å²) in [6.45, 7) is 0.685. The molecule has 1 atom stereocenters. The highest BCUT2D eigenvalue weighted by molar-refractivity contribution is 8.06. The Morgan fingerprint density at radius 3 is 3.05 bits per heavy atom. The Morgan fingerprint density at radius 1 is 1.38 bits per heavy atom. The van der Waals surface area contributed by atoms with E-state index in [1.165, 1.54) is 5.75 Å². The van der Waals surface area contributed by atoms with E-state index in [1.54, 1.807) is 6.07 Å². The minimum Gasteiger partial charge on any atom is -0.398 e. The molecule has 21 heavy (non-hydrogen) atoms. The average molecular weight is 319 g/mol. The van der Waals surface area contributed by atoms with E-state index in [-0.39, 0.29) is 5.91 Å². The molecular weight excluding hydrogens is 302 g/mol. The van der Waals surface area contributed by atoms with E-state index in [0.717, 1.165) is 22.4 Å². The molecule has 3 N–H and O–H groups in total. The first-order chi connectivity index (χ1) is 10.2. The van der Waals surface area contributed by atoms with Crippen LogP contribution in [0.3, 0.4) is 0 Å². The maximum Gasteiger partial charge on any atom is 0.270 e. The van der Waals surface area contributed by atoms with E-state index in [4.69, 9.17) is 5.73 Å². The fraction of sp³-hybridized carbons (Fsp3) is 0.333. The van der Waals surface area contributed by atoms with Crippen LogP contribution < -0.4 is 11.1 Å². The molecule has 0 aliphatic carbocycles. The number of rotatable bonds is 3. The summed E-state index contributed by atoms with van der Waals surface area (Å²) < 4.78 is 0. The summed E-state index contributed by atoms with van der Waals surface area (Å²) in [5, 5.41) is 4.34. The van der Waals surface area contributed by atoms with Crippen molar-refractivity contribution in [3.8, 4) is 0 Å². The molecule has 4 nitrogen and oxygen atoms in total. The summed E-state index contributed by atoms with van der Waals surface area (Å²) in [7, 11) is 0. The topological polar surface area (TPSA) is 68.0 Å². The molecular formula is C15H17N3OS2. The number of nitrogens with zero attached hydrogens (tertiary/aromatic N) is 1. The molecule has 3 rings (SSSR count). The van der Waals surface area contributed by atoms with Gasteiger partial charge in [-0.05, 0) is 12.1 Å². The summed E-state index contributed by atoms with van der Waals surface area (Å²) in [4.78, 5) is 16.6. The number of hydrogen-bond donors (Lipinski definition) is 2. The lowest BCUT2D eigenvalue weighted by Gasteiger charge is -2.21. The molecule has 1 unspecified atom stereocenters. The molecule has 1 aliphatic heterocycles. The molecule has 0 radical (unpaired) electrons. The Kier molecular flexibility index (Phi) is 4.55. The number of carbonyl (C=O) groups excluding carboxylic acids is 1. The molecule has 1 aromatic carbocycles. The van der Waals surface area contributed by atoms with Crippen LogP contribution in [0.25, 0.3) is 10.9 Å². The van der Waals surface area contributed by atoms with Crippen LogP contribution >= 0.6 is 23.5 Å². The quantitative estimate of drug-likeness (QED) is 0.909. The molecule has 0 spiro atoms. The lowest BCUT2D eigenvalue weighted by atomic mass is 10.1. The van der Waals surface area contributed by atoms with Gasteiger partial charge in [-0.15, -0.1) is 0 Å². The van der Waals surface area contributed by atoms with E-state index in [9.17, 15) is 4.79 Å².